The van der Waals surface area contributed by atoms with Crippen LogP contribution in [0, 0.1) is 12.3 Å². The van der Waals surface area contributed by atoms with E-state index in [1.807, 2.05) is 23.6 Å². The Morgan fingerprint density at radius 1 is 1.20 bits per heavy atom. The highest BCUT2D eigenvalue weighted by atomic mass is 16.5. The molecule has 7 nitrogen and oxygen atoms in total. The second kappa shape index (κ2) is 8.52. The van der Waals surface area contributed by atoms with E-state index in [-0.39, 0.29) is 17.0 Å². The molecule has 0 unspecified atom stereocenters. The number of nitrogens with zero attached hydrogens (tertiary/aromatic N) is 1. The Hall–Kier alpha value is -2.80. The first-order valence-corrected chi connectivity index (χ1v) is 10.00. The molecule has 3 rings (SSSR count). The van der Waals surface area contributed by atoms with Crippen LogP contribution < -0.4 is 14.9 Å². The molecule has 2 aromatic rings. The third-order valence-corrected chi connectivity index (χ3v) is 5.64. The predicted molar refractivity (Wildman–Crippen MR) is 114 cm³/mol. The summed E-state index contributed by atoms with van der Waals surface area (Å²) in [5.74, 6) is -0.0325. The standard InChI is InChI=1S/C23H29NO6/c1-14-9-20(30-8-6-7-28-4)19(29-5)10-15(14)17-11-18(25)16(22(26)27)13-24(17)21-12-23(21,2)3/h9-11,13,21H,6-8,12H2,1-5H3,(H,26,27)/t21-/m0/s1. The van der Waals surface area contributed by atoms with Gasteiger partial charge in [-0.25, -0.2) is 4.79 Å². The highest BCUT2D eigenvalue weighted by Gasteiger charge is 2.47. The first-order chi connectivity index (χ1) is 14.2. The second-order valence-electron chi connectivity index (χ2n) is 8.37. The maximum absolute atomic E-state index is 12.5. The zero-order valence-electron chi connectivity index (χ0n) is 18.2. The molecule has 162 valence electrons. The fraction of sp³-hybridized carbons (Fsp3) is 0.478. The number of aryl methyl sites for hydroxylation is 1. The largest absolute Gasteiger partial charge is 0.493 e. The van der Waals surface area contributed by atoms with E-state index in [9.17, 15) is 14.7 Å². The number of carboxylic acids is 1. The highest BCUT2D eigenvalue weighted by Crippen LogP contribution is 2.56. The van der Waals surface area contributed by atoms with Crippen molar-refractivity contribution in [1.29, 1.82) is 0 Å². The lowest BCUT2D eigenvalue weighted by Gasteiger charge is -2.20. The molecule has 0 spiro atoms. The first kappa shape index (κ1) is 21.9. The molecule has 1 fully saturated rings. The van der Waals surface area contributed by atoms with Crippen molar-refractivity contribution in [3.05, 3.63) is 45.7 Å². The van der Waals surface area contributed by atoms with E-state index in [4.69, 9.17) is 14.2 Å². The third-order valence-electron chi connectivity index (χ3n) is 5.64. The van der Waals surface area contributed by atoms with Gasteiger partial charge in [0, 0.05) is 44.0 Å². The van der Waals surface area contributed by atoms with E-state index >= 15 is 0 Å². The normalized spacial score (nSPS) is 16.9. The molecule has 0 bridgehead atoms. The fourth-order valence-corrected chi connectivity index (χ4v) is 3.69. The molecule has 0 amide bonds. The van der Waals surface area contributed by atoms with E-state index < -0.39 is 11.4 Å². The lowest BCUT2D eigenvalue weighted by Crippen LogP contribution is -2.19. The summed E-state index contributed by atoms with van der Waals surface area (Å²) in [4.78, 5) is 24.0. The zero-order chi connectivity index (χ0) is 22.1. The summed E-state index contributed by atoms with van der Waals surface area (Å²) >= 11 is 0. The third kappa shape index (κ3) is 4.36. The van der Waals surface area contributed by atoms with Gasteiger partial charge in [-0.15, -0.1) is 0 Å². The number of benzene rings is 1. The van der Waals surface area contributed by atoms with Crippen LogP contribution in [0.4, 0.5) is 0 Å². The number of rotatable bonds is 9. The molecule has 1 saturated carbocycles. The Labute approximate surface area is 176 Å². The van der Waals surface area contributed by atoms with Gasteiger partial charge in [-0.05, 0) is 36.5 Å². The van der Waals surface area contributed by atoms with Gasteiger partial charge in [0.15, 0.2) is 16.9 Å². The minimum atomic E-state index is -1.21. The maximum Gasteiger partial charge on any atom is 0.341 e. The molecule has 1 atom stereocenters. The summed E-state index contributed by atoms with van der Waals surface area (Å²) in [6, 6.07) is 5.28. The molecule has 1 N–H and O–H groups in total. The van der Waals surface area contributed by atoms with Gasteiger partial charge in [-0.3, -0.25) is 4.79 Å². The Kier molecular flexibility index (Phi) is 6.22. The minimum absolute atomic E-state index is 0.0436. The Morgan fingerprint density at radius 2 is 1.90 bits per heavy atom. The van der Waals surface area contributed by atoms with Crippen LogP contribution in [0.1, 0.15) is 48.7 Å². The van der Waals surface area contributed by atoms with Crippen LogP contribution in [0.15, 0.2) is 29.2 Å². The summed E-state index contributed by atoms with van der Waals surface area (Å²) in [5.41, 5.74) is 1.72. The van der Waals surface area contributed by atoms with Gasteiger partial charge in [-0.1, -0.05) is 13.8 Å². The lowest BCUT2D eigenvalue weighted by molar-refractivity contribution is 0.0694. The number of carbonyl (C=O) groups is 1. The molecule has 1 heterocycles. The van der Waals surface area contributed by atoms with Crippen molar-refractivity contribution in [3.63, 3.8) is 0 Å². The fourth-order valence-electron chi connectivity index (χ4n) is 3.69. The zero-order valence-corrected chi connectivity index (χ0v) is 18.2. The monoisotopic (exact) mass is 415 g/mol. The SMILES string of the molecule is COCCCOc1cc(C)c(-c2cc(=O)c(C(=O)O)cn2[C@H]2CC2(C)C)cc1OC. The second-order valence-corrected chi connectivity index (χ2v) is 8.37. The van der Waals surface area contributed by atoms with Crippen molar-refractivity contribution in [2.24, 2.45) is 5.41 Å². The number of hydrogen-bond donors (Lipinski definition) is 1. The van der Waals surface area contributed by atoms with Crippen molar-refractivity contribution in [1.82, 2.24) is 4.57 Å². The van der Waals surface area contributed by atoms with Crippen LogP contribution in [0.2, 0.25) is 0 Å². The van der Waals surface area contributed by atoms with Crippen molar-refractivity contribution in [2.45, 2.75) is 39.7 Å². The molecule has 1 aliphatic rings. The van der Waals surface area contributed by atoms with Gasteiger partial charge in [0.1, 0.15) is 5.56 Å². The Balaban J connectivity index is 2.07. The van der Waals surface area contributed by atoms with Crippen molar-refractivity contribution < 1.29 is 24.1 Å². The van der Waals surface area contributed by atoms with Gasteiger partial charge < -0.3 is 23.9 Å². The molecular formula is C23H29NO6. The minimum Gasteiger partial charge on any atom is -0.493 e. The number of hydrogen-bond acceptors (Lipinski definition) is 5. The van der Waals surface area contributed by atoms with Gasteiger partial charge in [-0.2, -0.15) is 0 Å². The van der Waals surface area contributed by atoms with Crippen LogP contribution in [-0.4, -0.2) is 43.1 Å². The van der Waals surface area contributed by atoms with Gasteiger partial charge in [0.05, 0.1) is 19.4 Å². The molecule has 0 saturated heterocycles. The van der Waals surface area contributed by atoms with Crippen LogP contribution >= 0.6 is 0 Å². The number of ether oxygens (including phenoxy) is 3. The summed E-state index contributed by atoms with van der Waals surface area (Å²) in [6.45, 7) is 7.31. The van der Waals surface area contributed by atoms with E-state index in [0.29, 0.717) is 30.4 Å². The molecular weight excluding hydrogens is 386 g/mol. The topological polar surface area (TPSA) is 87.0 Å². The molecule has 7 heteroatoms. The highest BCUT2D eigenvalue weighted by molar-refractivity contribution is 5.87. The van der Waals surface area contributed by atoms with E-state index in [1.54, 1.807) is 14.2 Å². The number of pyridine rings is 1. The van der Waals surface area contributed by atoms with Crippen LogP contribution in [-0.2, 0) is 4.74 Å². The van der Waals surface area contributed by atoms with Crippen molar-refractivity contribution >= 4 is 5.97 Å². The summed E-state index contributed by atoms with van der Waals surface area (Å²) in [5, 5.41) is 9.42. The molecule has 1 aromatic heterocycles. The van der Waals surface area contributed by atoms with Crippen LogP contribution in [0.5, 0.6) is 11.5 Å². The number of carboxylic acid groups (broad SMARTS) is 1. The van der Waals surface area contributed by atoms with Gasteiger partial charge in [0.2, 0.25) is 0 Å². The smallest absolute Gasteiger partial charge is 0.341 e. The molecule has 1 aromatic carbocycles. The predicted octanol–water partition coefficient (Wildman–Crippen LogP) is 3.92. The number of methoxy groups -OCH3 is 2. The van der Waals surface area contributed by atoms with Gasteiger partial charge >= 0.3 is 5.97 Å². The van der Waals surface area contributed by atoms with E-state index in [0.717, 1.165) is 24.0 Å². The first-order valence-electron chi connectivity index (χ1n) is 10.00. The molecule has 0 radical (unpaired) electrons. The number of aromatic nitrogens is 1. The molecule has 0 aliphatic heterocycles. The van der Waals surface area contributed by atoms with Gasteiger partial charge in [0.25, 0.3) is 0 Å². The summed E-state index contributed by atoms with van der Waals surface area (Å²) < 4.78 is 18.3. The van der Waals surface area contributed by atoms with E-state index in [2.05, 4.69) is 13.8 Å². The maximum atomic E-state index is 12.5. The van der Waals surface area contributed by atoms with E-state index in [1.165, 1.54) is 12.3 Å². The number of aromatic carboxylic acids is 1. The summed E-state index contributed by atoms with van der Waals surface area (Å²) in [6.07, 6.45) is 3.15. The Bertz CT molecular complexity index is 1010. The molecule has 1 aliphatic carbocycles. The van der Waals surface area contributed by atoms with Crippen LogP contribution in [0.25, 0.3) is 11.3 Å². The Morgan fingerprint density at radius 3 is 2.47 bits per heavy atom. The molecule has 30 heavy (non-hydrogen) atoms. The van der Waals surface area contributed by atoms with Crippen molar-refractivity contribution in [3.8, 4) is 22.8 Å². The average Bonchev–Trinajstić information content (AvgIpc) is 3.32. The quantitative estimate of drug-likeness (QED) is 0.625. The summed E-state index contributed by atoms with van der Waals surface area (Å²) in [7, 11) is 3.22. The average molecular weight is 415 g/mol. The lowest BCUT2D eigenvalue weighted by atomic mass is 10.0. The van der Waals surface area contributed by atoms with Crippen LogP contribution in [0.3, 0.4) is 0 Å². The van der Waals surface area contributed by atoms with Crippen molar-refractivity contribution in [2.75, 3.05) is 27.4 Å².